The summed E-state index contributed by atoms with van der Waals surface area (Å²) >= 11 is 0. The molecule has 4 heteroatoms. The molecule has 4 nitrogen and oxygen atoms in total. The van der Waals surface area contributed by atoms with Crippen LogP contribution < -0.4 is 0 Å². The van der Waals surface area contributed by atoms with Crippen LogP contribution in [0.3, 0.4) is 0 Å². The summed E-state index contributed by atoms with van der Waals surface area (Å²) in [4.78, 5) is 8.20. The number of aromatic nitrogens is 2. The van der Waals surface area contributed by atoms with E-state index in [-0.39, 0.29) is 0 Å². The van der Waals surface area contributed by atoms with E-state index >= 15 is 0 Å². The van der Waals surface area contributed by atoms with Crippen LogP contribution in [0, 0.1) is 0 Å². The van der Waals surface area contributed by atoms with Crippen molar-refractivity contribution in [1.82, 2.24) is 9.97 Å². The maximum Gasteiger partial charge on any atom is 0.126 e. The molecule has 1 aliphatic carbocycles. The Bertz CT molecular complexity index is 335. The molecule has 1 atom stereocenters. The van der Waals surface area contributed by atoms with E-state index in [2.05, 4.69) is 9.97 Å². The lowest BCUT2D eigenvalue weighted by Gasteiger charge is -2.35. The van der Waals surface area contributed by atoms with E-state index in [9.17, 15) is 5.11 Å². The largest absolute Gasteiger partial charge is 0.384 e. The second-order valence-corrected chi connectivity index (χ2v) is 4.72. The first-order chi connectivity index (χ1) is 8.28. The Balaban J connectivity index is 2.21. The molecular formula is C13H20N2O2. The number of hydrogen-bond acceptors (Lipinski definition) is 4. The molecule has 0 bridgehead atoms. The minimum atomic E-state index is -0.681. The number of rotatable bonds is 3. The minimum Gasteiger partial charge on any atom is -0.384 e. The van der Waals surface area contributed by atoms with Crippen LogP contribution in [-0.4, -0.2) is 27.8 Å². The SMILES string of the molecule is COC1(C(O)c2cnccn2)CCCCCC1. The number of ether oxygens (including phenoxy) is 1. The molecule has 1 N–H and O–H groups in total. The highest BCUT2D eigenvalue weighted by atomic mass is 16.5. The number of aliphatic hydroxyl groups is 1. The van der Waals surface area contributed by atoms with Crippen molar-refractivity contribution >= 4 is 0 Å². The van der Waals surface area contributed by atoms with E-state index in [0.29, 0.717) is 5.69 Å². The Kier molecular flexibility index (Phi) is 4.07. The smallest absolute Gasteiger partial charge is 0.126 e. The lowest BCUT2D eigenvalue weighted by molar-refractivity contribution is -0.115. The van der Waals surface area contributed by atoms with Crippen LogP contribution in [0.5, 0.6) is 0 Å². The third-order valence-corrected chi connectivity index (χ3v) is 3.72. The minimum absolute atomic E-state index is 0.480. The zero-order chi connectivity index (χ0) is 12.1. The van der Waals surface area contributed by atoms with Crippen LogP contribution in [-0.2, 0) is 4.74 Å². The van der Waals surface area contributed by atoms with Gasteiger partial charge in [-0.05, 0) is 12.8 Å². The topological polar surface area (TPSA) is 55.2 Å². The highest BCUT2D eigenvalue weighted by Crippen LogP contribution is 2.39. The highest BCUT2D eigenvalue weighted by Gasteiger charge is 2.39. The molecule has 1 aromatic heterocycles. The monoisotopic (exact) mass is 236 g/mol. The Morgan fingerprint density at radius 3 is 2.47 bits per heavy atom. The lowest BCUT2D eigenvalue weighted by atomic mass is 9.86. The Labute approximate surface area is 102 Å². The predicted molar refractivity (Wildman–Crippen MR) is 64.4 cm³/mol. The summed E-state index contributed by atoms with van der Waals surface area (Å²) in [5.41, 5.74) is 0.128. The molecule has 1 aromatic rings. The molecule has 1 unspecified atom stereocenters. The summed E-state index contributed by atoms with van der Waals surface area (Å²) in [5, 5.41) is 10.5. The molecule has 0 amide bonds. The van der Waals surface area contributed by atoms with Crippen molar-refractivity contribution in [3.8, 4) is 0 Å². The molecule has 0 aliphatic heterocycles. The first-order valence-corrected chi connectivity index (χ1v) is 6.28. The molecule has 1 aliphatic rings. The fourth-order valence-corrected chi connectivity index (χ4v) is 2.64. The average molecular weight is 236 g/mol. The molecule has 0 spiro atoms. The third-order valence-electron chi connectivity index (χ3n) is 3.72. The summed E-state index contributed by atoms with van der Waals surface area (Å²) in [6.45, 7) is 0. The Morgan fingerprint density at radius 2 is 1.94 bits per heavy atom. The van der Waals surface area contributed by atoms with Gasteiger partial charge in [-0.2, -0.15) is 0 Å². The fourth-order valence-electron chi connectivity index (χ4n) is 2.64. The lowest BCUT2D eigenvalue weighted by Crippen LogP contribution is -2.38. The van der Waals surface area contributed by atoms with Crippen molar-refractivity contribution in [3.63, 3.8) is 0 Å². The Morgan fingerprint density at radius 1 is 1.24 bits per heavy atom. The van der Waals surface area contributed by atoms with Gasteiger partial charge < -0.3 is 9.84 Å². The van der Waals surface area contributed by atoms with Gasteiger partial charge in [0.15, 0.2) is 0 Å². The van der Waals surface area contributed by atoms with Crippen molar-refractivity contribution in [2.24, 2.45) is 0 Å². The number of methoxy groups -OCH3 is 1. The van der Waals surface area contributed by atoms with Crippen LogP contribution in [0.1, 0.15) is 50.3 Å². The van der Waals surface area contributed by atoms with E-state index in [1.807, 2.05) is 0 Å². The third kappa shape index (κ3) is 2.64. The second kappa shape index (κ2) is 5.56. The highest BCUT2D eigenvalue weighted by molar-refractivity contribution is 5.07. The molecule has 2 rings (SSSR count). The normalized spacial score (nSPS) is 21.8. The Hall–Kier alpha value is -1.00. The molecule has 94 valence electrons. The molecule has 1 heterocycles. The zero-order valence-corrected chi connectivity index (χ0v) is 10.3. The number of nitrogens with zero attached hydrogens (tertiary/aromatic N) is 2. The summed E-state index contributed by atoms with van der Waals surface area (Å²) in [6, 6.07) is 0. The second-order valence-electron chi connectivity index (χ2n) is 4.72. The van der Waals surface area contributed by atoms with E-state index < -0.39 is 11.7 Å². The van der Waals surface area contributed by atoms with Gasteiger partial charge in [-0.15, -0.1) is 0 Å². The summed E-state index contributed by atoms with van der Waals surface area (Å²) in [6.07, 6.45) is 10.6. The molecule has 0 radical (unpaired) electrons. The van der Waals surface area contributed by atoms with Crippen molar-refractivity contribution in [3.05, 3.63) is 24.3 Å². The predicted octanol–water partition coefficient (Wildman–Crippen LogP) is 2.25. The van der Waals surface area contributed by atoms with E-state index in [1.165, 1.54) is 12.8 Å². The van der Waals surface area contributed by atoms with Crippen LogP contribution in [0.2, 0.25) is 0 Å². The van der Waals surface area contributed by atoms with Gasteiger partial charge in [0, 0.05) is 19.5 Å². The van der Waals surface area contributed by atoms with Gasteiger partial charge in [0.1, 0.15) is 6.10 Å². The molecule has 0 saturated heterocycles. The molecular weight excluding hydrogens is 216 g/mol. The van der Waals surface area contributed by atoms with Crippen LogP contribution in [0.15, 0.2) is 18.6 Å². The quantitative estimate of drug-likeness (QED) is 0.818. The summed E-state index contributed by atoms with van der Waals surface area (Å²) in [5.74, 6) is 0. The van der Waals surface area contributed by atoms with Gasteiger partial charge >= 0.3 is 0 Å². The van der Waals surface area contributed by atoms with Crippen molar-refractivity contribution < 1.29 is 9.84 Å². The summed E-state index contributed by atoms with van der Waals surface area (Å²) < 4.78 is 5.66. The molecule has 1 saturated carbocycles. The van der Waals surface area contributed by atoms with Gasteiger partial charge in [-0.1, -0.05) is 25.7 Å². The molecule has 1 fully saturated rings. The van der Waals surface area contributed by atoms with Crippen LogP contribution >= 0.6 is 0 Å². The maximum absolute atomic E-state index is 10.5. The first kappa shape index (κ1) is 12.5. The van der Waals surface area contributed by atoms with Gasteiger partial charge in [0.2, 0.25) is 0 Å². The van der Waals surface area contributed by atoms with E-state index in [1.54, 1.807) is 25.7 Å². The van der Waals surface area contributed by atoms with Crippen LogP contribution in [0.4, 0.5) is 0 Å². The van der Waals surface area contributed by atoms with Crippen LogP contribution in [0.25, 0.3) is 0 Å². The number of hydrogen-bond donors (Lipinski definition) is 1. The van der Waals surface area contributed by atoms with Gasteiger partial charge in [0.05, 0.1) is 17.5 Å². The van der Waals surface area contributed by atoms with Gasteiger partial charge in [0.25, 0.3) is 0 Å². The summed E-state index contributed by atoms with van der Waals surface area (Å²) in [7, 11) is 1.69. The van der Waals surface area contributed by atoms with E-state index in [0.717, 1.165) is 25.7 Å². The molecule has 17 heavy (non-hydrogen) atoms. The average Bonchev–Trinajstić information content (AvgIpc) is 2.65. The van der Waals surface area contributed by atoms with Crippen molar-refractivity contribution in [2.75, 3.05) is 7.11 Å². The molecule has 0 aromatic carbocycles. The van der Waals surface area contributed by atoms with E-state index in [4.69, 9.17) is 4.74 Å². The van der Waals surface area contributed by atoms with Crippen molar-refractivity contribution in [2.45, 2.75) is 50.2 Å². The van der Waals surface area contributed by atoms with Gasteiger partial charge in [-0.25, -0.2) is 0 Å². The fraction of sp³-hybridized carbons (Fsp3) is 0.692. The first-order valence-electron chi connectivity index (χ1n) is 6.28. The maximum atomic E-state index is 10.5. The standard InChI is InChI=1S/C13H20N2O2/c1-17-13(6-4-2-3-5-7-13)12(16)11-10-14-8-9-15-11/h8-10,12,16H,2-7H2,1H3. The van der Waals surface area contributed by atoms with Gasteiger partial charge in [-0.3, -0.25) is 9.97 Å². The zero-order valence-electron chi connectivity index (χ0n) is 10.3. The number of aliphatic hydroxyl groups excluding tert-OH is 1. The van der Waals surface area contributed by atoms with Crippen molar-refractivity contribution in [1.29, 1.82) is 0 Å².